The fourth-order valence-corrected chi connectivity index (χ4v) is 3.83. The Labute approximate surface area is 184 Å². The number of H-pyrrole nitrogens is 1. The van der Waals surface area contributed by atoms with E-state index in [1.165, 1.54) is 17.1 Å². The Morgan fingerprint density at radius 3 is 3.06 bits per heavy atom. The molecule has 158 valence electrons. The molecule has 1 aliphatic heterocycles. The summed E-state index contributed by atoms with van der Waals surface area (Å²) in [5.41, 5.74) is 2.99. The van der Waals surface area contributed by atoms with Crippen molar-refractivity contribution in [2.24, 2.45) is 0 Å². The van der Waals surface area contributed by atoms with Crippen LogP contribution in [0.2, 0.25) is 5.02 Å². The number of nitrogens with one attached hydrogen (secondary N) is 3. The first-order valence-electron chi connectivity index (χ1n) is 10.0. The molecule has 9 heteroatoms. The molecule has 0 saturated carbocycles. The highest BCUT2D eigenvalue weighted by atomic mass is 35.5. The van der Waals surface area contributed by atoms with E-state index in [0.717, 1.165) is 11.9 Å². The average molecular weight is 437 g/mol. The third-order valence-electron chi connectivity index (χ3n) is 5.12. The number of halogens is 1. The molecule has 8 nitrogen and oxygen atoms in total. The van der Waals surface area contributed by atoms with Gasteiger partial charge >= 0.3 is 0 Å². The molecule has 0 unspecified atom stereocenters. The Balaban J connectivity index is 1.45. The van der Waals surface area contributed by atoms with Crippen molar-refractivity contribution in [3.05, 3.63) is 53.3 Å². The topological polar surface area (TPSA) is 97.0 Å². The number of aromatic amines is 1. The molecule has 0 fully saturated rings. The summed E-state index contributed by atoms with van der Waals surface area (Å²) in [5.74, 6) is 2.73. The SMILES string of the molecule is COc1ncc(Cl)cc1-c1nc2c(c(NCCc3c[nH]c4ccccc34)n1)OCCN2. The number of ether oxygens (including phenoxy) is 2. The van der Waals surface area contributed by atoms with E-state index in [1.54, 1.807) is 13.2 Å². The maximum absolute atomic E-state index is 6.16. The fourth-order valence-electron chi connectivity index (χ4n) is 3.67. The molecule has 1 aliphatic rings. The van der Waals surface area contributed by atoms with Crippen molar-refractivity contribution in [2.75, 3.05) is 37.4 Å². The molecule has 0 saturated heterocycles. The molecule has 1 aromatic carbocycles. The van der Waals surface area contributed by atoms with Gasteiger partial charge in [0.1, 0.15) is 6.61 Å². The van der Waals surface area contributed by atoms with Crippen molar-refractivity contribution in [3.63, 3.8) is 0 Å². The van der Waals surface area contributed by atoms with Crippen LogP contribution in [-0.4, -0.2) is 46.7 Å². The standard InChI is InChI=1S/C22H21ClN6O2/c1-30-22-16(10-14(23)12-27-22)19-28-20(18-21(29-19)25-8-9-31-18)24-7-6-13-11-26-17-5-3-2-4-15(13)17/h2-5,10-12,26H,6-9H2,1H3,(H2,24,25,28,29). The quantitative estimate of drug-likeness (QED) is 0.418. The van der Waals surface area contributed by atoms with Gasteiger partial charge in [-0.15, -0.1) is 0 Å². The summed E-state index contributed by atoms with van der Waals surface area (Å²) >= 11 is 6.16. The molecule has 4 heterocycles. The van der Waals surface area contributed by atoms with Crippen LogP contribution < -0.4 is 20.1 Å². The Morgan fingerprint density at radius 2 is 2.16 bits per heavy atom. The fraction of sp³-hybridized carbons (Fsp3) is 0.227. The van der Waals surface area contributed by atoms with E-state index in [1.807, 2.05) is 18.3 Å². The van der Waals surface area contributed by atoms with Gasteiger partial charge in [-0.05, 0) is 24.1 Å². The van der Waals surface area contributed by atoms with E-state index in [4.69, 9.17) is 26.1 Å². The van der Waals surface area contributed by atoms with Crippen molar-refractivity contribution in [3.8, 4) is 23.0 Å². The van der Waals surface area contributed by atoms with E-state index in [-0.39, 0.29) is 0 Å². The highest BCUT2D eigenvalue weighted by Crippen LogP contribution is 2.37. The Bertz CT molecular complexity index is 1240. The number of benzene rings is 1. The molecular weight excluding hydrogens is 416 g/mol. The van der Waals surface area contributed by atoms with Crippen molar-refractivity contribution in [1.82, 2.24) is 19.9 Å². The molecule has 5 rings (SSSR count). The zero-order valence-corrected chi connectivity index (χ0v) is 17.7. The Morgan fingerprint density at radius 1 is 1.26 bits per heavy atom. The second-order valence-electron chi connectivity index (χ2n) is 7.10. The second-order valence-corrected chi connectivity index (χ2v) is 7.53. The molecule has 0 radical (unpaired) electrons. The number of anilines is 2. The highest BCUT2D eigenvalue weighted by Gasteiger charge is 2.22. The molecule has 3 aromatic heterocycles. The summed E-state index contributed by atoms with van der Waals surface area (Å²) in [7, 11) is 1.56. The number of aromatic nitrogens is 4. The summed E-state index contributed by atoms with van der Waals surface area (Å²) in [6.07, 6.45) is 4.41. The monoisotopic (exact) mass is 436 g/mol. The number of hydrogen-bond acceptors (Lipinski definition) is 7. The third-order valence-corrected chi connectivity index (χ3v) is 5.33. The van der Waals surface area contributed by atoms with Gasteiger partial charge in [0.2, 0.25) is 11.6 Å². The van der Waals surface area contributed by atoms with Gasteiger partial charge < -0.3 is 25.1 Å². The van der Waals surface area contributed by atoms with Gasteiger partial charge in [-0.1, -0.05) is 29.8 Å². The smallest absolute Gasteiger partial charge is 0.224 e. The molecule has 0 amide bonds. The first-order chi connectivity index (χ1) is 15.2. The molecule has 0 bridgehead atoms. The summed E-state index contributed by atoms with van der Waals surface area (Å²) in [4.78, 5) is 16.9. The van der Waals surface area contributed by atoms with Crippen molar-refractivity contribution in [2.45, 2.75) is 6.42 Å². The molecular formula is C22H21ClN6O2. The summed E-state index contributed by atoms with van der Waals surface area (Å²) in [5, 5.41) is 8.40. The average Bonchev–Trinajstić information content (AvgIpc) is 3.22. The van der Waals surface area contributed by atoms with Crippen LogP contribution in [-0.2, 0) is 6.42 Å². The predicted octanol–water partition coefficient (Wildman–Crippen LogP) is 4.14. The maximum atomic E-state index is 6.16. The Kier molecular flexibility index (Phi) is 5.21. The van der Waals surface area contributed by atoms with Gasteiger partial charge in [0.05, 0.1) is 24.2 Å². The first kappa shape index (κ1) is 19.4. The van der Waals surface area contributed by atoms with E-state index in [9.17, 15) is 0 Å². The Hall–Kier alpha value is -3.52. The lowest BCUT2D eigenvalue weighted by Gasteiger charge is -2.22. The first-order valence-corrected chi connectivity index (χ1v) is 10.4. The molecule has 0 aliphatic carbocycles. The number of pyridine rings is 1. The molecule has 4 aromatic rings. The summed E-state index contributed by atoms with van der Waals surface area (Å²) in [6.45, 7) is 1.90. The minimum absolute atomic E-state index is 0.408. The van der Waals surface area contributed by atoms with Crippen LogP contribution in [0.4, 0.5) is 11.6 Å². The highest BCUT2D eigenvalue weighted by molar-refractivity contribution is 6.30. The minimum Gasteiger partial charge on any atom is -0.485 e. The third kappa shape index (κ3) is 3.82. The van der Waals surface area contributed by atoms with E-state index in [2.05, 4.69) is 37.7 Å². The predicted molar refractivity (Wildman–Crippen MR) is 121 cm³/mol. The van der Waals surface area contributed by atoms with E-state index in [0.29, 0.717) is 59.4 Å². The number of methoxy groups -OCH3 is 1. The van der Waals surface area contributed by atoms with Crippen molar-refractivity contribution >= 4 is 34.1 Å². The lowest BCUT2D eigenvalue weighted by atomic mass is 10.1. The van der Waals surface area contributed by atoms with Gasteiger partial charge in [0.25, 0.3) is 0 Å². The van der Waals surface area contributed by atoms with Crippen LogP contribution in [0.3, 0.4) is 0 Å². The minimum atomic E-state index is 0.408. The molecule has 3 N–H and O–H groups in total. The van der Waals surface area contributed by atoms with Crippen LogP contribution in [0, 0.1) is 0 Å². The number of rotatable bonds is 6. The van der Waals surface area contributed by atoms with Crippen LogP contribution in [0.15, 0.2) is 42.7 Å². The lowest BCUT2D eigenvalue weighted by Crippen LogP contribution is -2.22. The van der Waals surface area contributed by atoms with E-state index >= 15 is 0 Å². The molecule has 0 atom stereocenters. The molecule has 31 heavy (non-hydrogen) atoms. The van der Waals surface area contributed by atoms with Gasteiger partial charge in [-0.2, -0.15) is 0 Å². The van der Waals surface area contributed by atoms with Crippen molar-refractivity contribution in [1.29, 1.82) is 0 Å². The summed E-state index contributed by atoms with van der Waals surface area (Å²) in [6, 6.07) is 10.0. The number of para-hydroxylation sites is 1. The normalized spacial score (nSPS) is 12.7. The van der Waals surface area contributed by atoms with Crippen LogP contribution in [0.25, 0.3) is 22.3 Å². The van der Waals surface area contributed by atoms with Gasteiger partial charge in [0.15, 0.2) is 17.5 Å². The largest absolute Gasteiger partial charge is 0.485 e. The van der Waals surface area contributed by atoms with Crippen LogP contribution in [0.1, 0.15) is 5.56 Å². The van der Waals surface area contributed by atoms with Gasteiger partial charge in [-0.25, -0.2) is 15.0 Å². The second kappa shape index (κ2) is 8.31. The zero-order valence-electron chi connectivity index (χ0n) is 16.9. The number of fused-ring (bicyclic) bond motifs is 2. The van der Waals surface area contributed by atoms with Crippen LogP contribution >= 0.6 is 11.6 Å². The number of hydrogen-bond donors (Lipinski definition) is 3. The zero-order chi connectivity index (χ0) is 21.2. The van der Waals surface area contributed by atoms with Crippen molar-refractivity contribution < 1.29 is 9.47 Å². The lowest BCUT2D eigenvalue weighted by molar-refractivity contribution is 0.321. The molecule has 0 spiro atoms. The van der Waals surface area contributed by atoms with Crippen LogP contribution in [0.5, 0.6) is 11.6 Å². The summed E-state index contributed by atoms with van der Waals surface area (Å²) < 4.78 is 11.2. The van der Waals surface area contributed by atoms with Gasteiger partial charge in [0, 0.05) is 29.8 Å². The van der Waals surface area contributed by atoms with Gasteiger partial charge in [-0.3, -0.25) is 0 Å². The maximum Gasteiger partial charge on any atom is 0.224 e. The number of nitrogens with zero attached hydrogens (tertiary/aromatic N) is 3. The van der Waals surface area contributed by atoms with E-state index < -0.39 is 0 Å².